The van der Waals surface area contributed by atoms with Crippen LogP contribution in [0.25, 0.3) is 163 Å². The molecule has 0 unspecified atom stereocenters. The molecule has 0 aliphatic rings. The van der Waals surface area contributed by atoms with Gasteiger partial charge in [0.15, 0.2) is 0 Å². The van der Waals surface area contributed by atoms with Crippen molar-refractivity contribution in [1.29, 1.82) is 0 Å². The van der Waals surface area contributed by atoms with E-state index in [1.807, 2.05) is 0 Å². The number of benzene rings is 16. The number of hydrogen-bond donors (Lipinski definition) is 0. The maximum atomic E-state index is 2.37. The topological polar surface area (TPSA) is 0 Å². The van der Waals surface area contributed by atoms with Crippen LogP contribution >= 0.6 is 0 Å². The molecule has 0 spiro atoms. The third-order valence-corrected chi connectivity index (χ3v) is 16.0. The zero-order valence-electron chi connectivity index (χ0n) is 38.1. The SMILES string of the molecule is c1ccc(-c2ccccc2-c2ccc3ccc4c(-c5ccc6ccc7c(-c8ccc9ccc%10c(-c%11cccc%12ccccc%11%12)ccc%11ccc8c9c%11%10)ccc8ccc5c6c87)ccc5ccc2c3c54)cc1. The predicted molar refractivity (Wildman–Crippen MR) is 302 cm³/mol. The normalized spacial score (nSPS) is 12.3. The molecular formula is C70H40. The zero-order chi connectivity index (χ0) is 45.6. The lowest BCUT2D eigenvalue weighted by molar-refractivity contribution is 1.60. The molecule has 0 saturated heterocycles. The molecule has 0 heteroatoms. The Morgan fingerprint density at radius 2 is 0.400 bits per heavy atom. The summed E-state index contributed by atoms with van der Waals surface area (Å²) in [6.45, 7) is 0. The molecule has 0 aromatic heterocycles. The van der Waals surface area contributed by atoms with Crippen molar-refractivity contribution in [2.75, 3.05) is 0 Å². The summed E-state index contributed by atoms with van der Waals surface area (Å²) in [4.78, 5) is 0. The minimum absolute atomic E-state index is 1.23. The minimum atomic E-state index is 1.23. The van der Waals surface area contributed by atoms with Gasteiger partial charge in [-0.15, -0.1) is 0 Å². The molecule has 16 aromatic rings. The fourth-order valence-electron chi connectivity index (χ4n) is 12.9. The van der Waals surface area contributed by atoms with E-state index in [1.54, 1.807) is 0 Å². The van der Waals surface area contributed by atoms with Crippen molar-refractivity contribution < 1.29 is 0 Å². The van der Waals surface area contributed by atoms with E-state index in [2.05, 4.69) is 243 Å². The molecule has 0 heterocycles. The Balaban J connectivity index is 0.891. The Hall–Kier alpha value is -9.10. The van der Waals surface area contributed by atoms with Crippen molar-refractivity contribution in [3.63, 3.8) is 0 Å². The summed E-state index contributed by atoms with van der Waals surface area (Å²) in [6, 6.07) is 91.4. The van der Waals surface area contributed by atoms with E-state index >= 15 is 0 Å². The second kappa shape index (κ2) is 14.2. The predicted octanol–water partition coefficient (Wildman–Crippen LogP) is 19.9. The summed E-state index contributed by atoms with van der Waals surface area (Å²) in [6.07, 6.45) is 0. The molecule has 0 amide bonds. The number of hydrogen-bond acceptors (Lipinski definition) is 0. The lowest BCUT2D eigenvalue weighted by Crippen LogP contribution is -1.93. The molecule has 16 aromatic carbocycles. The van der Waals surface area contributed by atoms with Crippen LogP contribution in [0.15, 0.2) is 243 Å². The van der Waals surface area contributed by atoms with Gasteiger partial charge in [0.1, 0.15) is 0 Å². The van der Waals surface area contributed by atoms with Crippen LogP contribution in [0.4, 0.5) is 0 Å². The quantitative estimate of drug-likeness (QED) is 0.151. The van der Waals surface area contributed by atoms with Gasteiger partial charge in [-0.3, -0.25) is 0 Å². The fourth-order valence-corrected chi connectivity index (χ4v) is 12.9. The van der Waals surface area contributed by atoms with Gasteiger partial charge in [0.05, 0.1) is 0 Å². The lowest BCUT2D eigenvalue weighted by Gasteiger charge is -2.20. The molecule has 16 rings (SSSR count). The van der Waals surface area contributed by atoms with Crippen molar-refractivity contribution in [3.8, 4) is 55.6 Å². The molecule has 320 valence electrons. The van der Waals surface area contributed by atoms with Gasteiger partial charge >= 0.3 is 0 Å². The van der Waals surface area contributed by atoms with Gasteiger partial charge < -0.3 is 0 Å². The molecule has 0 atom stereocenters. The van der Waals surface area contributed by atoms with Gasteiger partial charge in [0.2, 0.25) is 0 Å². The van der Waals surface area contributed by atoms with Crippen LogP contribution in [0.1, 0.15) is 0 Å². The third-order valence-electron chi connectivity index (χ3n) is 16.0. The molecule has 0 aliphatic heterocycles. The van der Waals surface area contributed by atoms with Crippen molar-refractivity contribution in [1.82, 2.24) is 0 Å². The van der Waals surface area contributed by atoms with Crippen LogP contribution in [-0.2, 0) is 0 Å². The minimum Gasteiger partial charge on any atom is -0.0622 e. The Bertz CT molecular complexity index is 4800. The Kier molecular flexibility index (Phi) is 7.70. The Labute approximate surface area is 403 Å². The molecule has 0 radical (unpaired) electrons. The molecule has 0 bridgehead atoms. The maximum absolute atomic E-state index is 2.37. The van der Waals surface area contributed by atoms with Crippen LogP contribution in [0.5, 0.6) is 0 Å². The second-order valence-electron chi connectivity index (χ2n) is 19.4. The zero-order valence-corrected chi connectivity index (χ0v) is 38.1. The van der Waals surface area contributed by atoms with E-state index in [-0.39, 0.29) is 0 Å². The maximum Gasteiger partial charge on any atom is -0.00203 e. The summed E-state index contributed by atoms with van der Waals surface area (Å²) in [5, 5.41) is 25.9. The highest BCUT2D eigenvalue weighted by atomic mass is 14.2. The summed E-state index contributed by atoms with van der Waals surface area (Å²) in [5.74, 6) is 0. The van der Waals surface area contributed by atoms with E-state index in [0.717, 1.165) is 0 Å². The molecule has 0 N–H and O–H groups in total. The number of rotatable bonds is 5. The van der Waals surface area contributed by atoms with Crippen LogP contribution in [0.3, 0.4) is 0 Å². The molecular weight excluding hydrogens is 841 g/mol. The molecule has 0 fully saturated rings. The van der Waals surface area contributed by atoms with Crippen molar-refractivity contribution in [2.24, 2.45) is 0 Å². The molecule has 0 saturated carbocycles. The van der Waals surface area contributed by atoms with Crippen molar-refractivity contribution in [2.45, 2.75) is 0 Å². The Morgan fingerprint density at radius 1 is 0.129 bits per heavy atom. The highest BCUT2D eigenvalue weighted by molar-refractivity contribution is 6.33. The van der Waals surface area contributed by atoms with E-state index in [4.69, 9.17) is 0 Å². The van der Waals surface area contributed by atoms with E-state index < -0.39 is 0 Å². The van der Waals surface area contributed by atoms with Gasteiger partial charge in [-0.05, 0) is 163 Å². The van der Waals surface area contributed by atoms with Crippen molar-refractivity contribution >= 4 is 108 Å². The van der Waals surface area contributed by atoms with E-state index in [0.29, 0.717) is 0 Å². The van der Waals surface area contributed by atoms with Gasteiger partial charge in [-0.25, -0.2) is 0 Å². The van der Waals surface area contributed by atoms with E-state index in [9.17, 15) is 0 Å². The summed E-state index contributed by atoms with van der Waals surface area (Å²) >= 11 is 0. The third kappa shape index (κ3) is 5.20. The first-order valence-corrected chi connectivity index (χ1v) is 24.5. The number of fused-ring (bicyclic) bond motifs is 1. The average molecular weight is 881 g/mol. The monoisotopic (exact) mass is 880 g/mol. The summed E-state index contributed by atoms with van der Waals surface area (Å²) in [7, 11) is 0. The molecule has 0 nitrogen and oxygen atoms in total. The van der Waals surface area contributed by atoms with Gasteiger partial charge in [-0.1, -0.05) is 243 Å². The van der Waals surface area contributed by atoms with Crippen LogP contribution in [-0.4, -0.2) is 0 Å². The van der Waals surface area contributed by atoms with Gasteiger partial charge in [0.25, 0.3) is 0 Å². The first kappa shape index (κ1) is 37.9. The summed E-state index contributed by atoms with van der Waals surface area (Å²) in [5.41, 5.74) is 12.6. The van der Waals surface area contributed by atoms with Gasteiger partial charge in [-0.2, -0.15) is 0 Å². The molecule has 70 heavy (non-hydrogen) atoms. The molecule has 0 aliphatic carbocycles. The lowest BCUT2D eigenvalue weighted by atomic mass is 9.83. The highest BCUT2D eigenvalue weighted by Gasteiger charge is 2.22. The summed E-state index contributed by atoms with van der Waals surface area (Å²) < 4.78 is 0. The van der Waals surface area contributed by atoms with E-state index in [1.165, 1.54) is 163 Å². The average Bonchev–Trinajstić information content (AvgIpc) is 3.43. The largest absolute Gasteiger partial charge is 0.0622 e. The first-order valence-electron chi connectivity index (χ1n) is 24.5. The Morgan fingerprint density at radius 3 is 0.800 bits per heavy atom. The highest BCUT2D eigenvalue weighted by Crippen LogP contribution is 2.49. The van der Waals surface area contributed by atoms with Crippen molar-refractivity contribution in [3.05, 3.63) is 243 Å². The second-order valence-corrected chi connectivity index (χ2v) is 19.4. The standard InChI is InChI=1S/C70H40/c1-2-9-41(10-3-1)49-14-6-7-15-51(49)53-29-17-43-25-37-61-55(31-19-45-23-35-59(53)65(43)67(45)61)57-33-21-47-28-40-64-58(34-22-48-27-39-63(57)69(47)70(48)64)56-32-20-46-24-36-60-54(30-18-44-26-38-62(56)68(46)66(44)60)52-16-8-12-42-11-4-5-13-50(42)52/h1-40H. The van der Waals surface area contributed by atoms with Crippen LogP contribution in [0.2, 0.25) is 0 Å². The fraction of sp³-hybridized carbons (Fsp3) is 0. The smallest absolute Gasteiger partial charge is 0.00203 e. The van der Waals surface area contributed by atoms with Crippen LogP contribution < -0.4 is 0 Å². The van der Waals surface area contributed by atoms with Crippen LogP contribution in [0, 0.1) is 0 Å². The first-order chi connectivity index (χ1) is 34.7. The van der Waals surface area contributed by atoms with Gasteiger partial charge in [0, 0.05) is 0 Å².